The Morgan fingerprint density at radius 3 is 3.00 bits per heavy atom. The summed E-state index contributed by atoms with van der Waals surface area (Å²) in [4.78, 5) is 4.40. The van der Waals surface area contributed by atoms with Gasteiger partial charge in [-0.2, -0.15) is 10.2 Å². The van der Waals surface area contributed by atoms with Crippen molar-refractivity contribution in [3.63, 3.8) is 0 Å². The third-order valence-corrected chi connectivity index (χ3v) is 3.52. The third-order valence-electron chi connectivity index (χ3n) is 3.52. The zero-order valence-corrected chi connectivity index (χ0v) is 10.3. The average molecular weight is 242 g/mol. The minimum absolute atomic E-state index is 0.494. The highest BCUT2D eigenvalue weighted by Gasteiger charge is 2.21. The number of aryl methyl sites for hydroxylation is 1. The molecule has 0 radical (unpaired) electrons. The molecular formula is C13H14N4O. The summed E-state index contributed by atoms with van der Waals surface area (Å²) in [6.07, 6.45) is 6.52. The highest BCUT2D eigenvalue weighted by atomic mass is 16.5. The topological polar surface area (TPSA) is 67.6 Å². The maximum Gasteiger partial charge on any atom is 0.274 e. The molecule has 1 saturated carbocycles. The van der Waals surface area contributed by atoms with Gasteiger partial charge in [0.25, 0.3) is 5.89 Å². The van der Waals surface area contributed by atoms with Gasteiger partial charge >= 0.3 is 0 Å². The predicted molar refractivity (Wildman–Crippen MR) is 64.5 cm³/mol. The summed E-state index contributed by atoms with van der Waals surface area (Å²) in [5.74, 6) is 1.99. The molecule has 0 amide bonds. The number of hydrogen-bond donors (Lipinski definition) is 0. The Morgan fingerprint density at radius 1 is 1.56 bits per heavy atom. The van der Waals surface area contributed by atoms with E-state index in [1.165, 1.54) is 19.3 Å². The lowest BCUT2D eigenvalue weighted by Gasteiger charge is -2.23. The number of aromatic nitrogens is 3. The SMILES string of the molecule is Cn1cc(C#N)cc1-c1nc(CC2CCC2)no1. The fourth-order valence-electron chi connectivity index (χ4n) is 2.23. The Morgan fingerprint density at radius 2 is 2.39 bits per heavy atom. The van der Waals surface area contributed by atoms with Crippen molar-refractivity contribution >= 4 is 0 Å². The lowest BCUT2D eigenvalue weighted by atomic mass is 9.83. The van der Waals surface area contributed by atoms with Crippen LogP contribution >= 0.6 is 0 Å². The molecule has 92 valence electrons. The van der Waals surface area contributed by atoms with Gasteiger partial charge in [0.2, 0.25) is 0 Å². The molecule has 1 fully saturated rings. The molecule has 0 N–H and O–H groups in total. The second-order valence-corrected chi connectivity index (χ2v) is 4.85. The molecule has 2 aromatic heterocycles. The van der Waals surface area contributed by atoms with E-state index in [0.29, 0.717) is 11.5 Å². The Labute approximate surface area is 105 Å². The summed E-state index contributed by atoms with van der Waals surface area (Å²) < 4.78 is 7.10. The van der Waals surface area contributed by atoms with Crippen molar-refractivity contribution in [1.29, 1.82) is 5.26 Å². The quantitative estimate of drug-likeness (QED) is 0.828. The lowest BCUT2D eigenvalue weighted by Crippen LogP contribution is -2.14. The molecule has 18 heavy (non-hydrogen) atoms. The summed E-state index contributed by atoms with van der Waals surface area (Å²) in [7, 11) is 1.87. The summed E-state index contributed by atoms with van der Waals surface area (Å²) in [6, 6.07) is 3.87. The molecule has 3 rings (SSSR count). The van der Waals surface area contributed by atoms with Gasteiger partial charge < -0.3 is 9.09 Å². The number of rotatable bonds is 3. The van der Waals surface area contributed by atoms with Gasteiger partial charge in [-0.25, -0.2) is 0 Å². The van der Waals surface area contributed by atoms with E-state index in [9.17, 15) is 0 Å². The minimum Gasteiger partial charge on any atom is -0.345 e. The third kappa shape index (κ3) is 1.90. The molecule has 0 unspecified atom stereocenters. The molecule has 5 nitrogen and oxygen atoms in total. The minimum atomic E-state index is 0.494. The first kappa shape index (κ1) is 11.0. The summed E-state index contributed by atoms with van der Waals surface area (Å²) in [6.45, 7) is 0. The fraction of sp³-hybridized carbons (Fsp3) is 0.462. The van der Waals surface area contributed by atoms with Crippen LogP contribution in [-0.2, 0) is 13.5 Å². The normalized spacial score (nSPS) is 15.3. The molecular weight excluding hydrogens is 228 g/mol. The molecule has 1 aliphatic rings. The van der Waals surface area contributed by atoms with Crippen LogP contribution in [-0.4, -0.2) is 14.7 Å². The van der Waals surface area contributed by atoms with Gasteiger partial charge in [0, 0.05) is 19.7 Å². The van der Waals surface area contributed by atoms with Crippen LogP contribution in [0.25, 0.3) is 11.6 Å². The maximum atomic E-state index is 8.86. The molecule has 2 heterocycles. The monoisotopic (exact) mass is 242 g/mol. The van der Waals surface area contributed by atoms with Crippen LogP contribution in [0.1, 0.15) is 30.7 Å². The van der Waals surface area contributed by atoms with E-state index in [1.54, 1.807) is 12.3 Å². The molecule has 1 aliphatic carbocycles. The first-order valence-electron chi connectivity index (χ1n) is 6.15. The van der Waals surface area contributed by atoms with Crippen LogP contribution in [0, 0.1) is 17.2 Å². The van der Waals surface area contributed by atoms with E-state index in [2.05, 4.69) is 16.2 Å². The number of nitriles is 1. The maximum absolute atomic E-state index is 8.86. The van der Waals surface area contributed by atoms with Crippen molar-refractivity contribution in [2.45, 2.75) is 25.7 Å². The lowest BCUT2D eigenvalue weighted by molar-refractivity contribution is 0.304. The van der Waals surface area contributed by atoms with Crippen LogP contribution in [0.3, 0.4) is 0 Å². The van der Waals surface area contributed by atoms with Gasteiger partial charge in [-0.3, -0.25) is 0 Å². The zero-order valence-electron chi connectivity index (χ0n) is 10.3. The standard InChI is InChI=1S/C13H14N4O/c1-17-8-10(7-14)5-11(17)13-15-12(16-18-13)6-9-3-2-4-9/h5,8-9H,2-4,6H2,1H3. The summed E-state index contributed by atoms with van der Waals surface area (Å²) >= 11 is 0. The zero-order chi connectivity index (χ0) is 12.5. The van der Waals surface area contributed by atoms with Crippen LogP contribution < -0.4 is 0 Å². The van der Waals surface area contributed by atoms with Gasteiger partial charge in [0.1, 0.15) is 11.8 Å². The van der Waals surface area contributed by atoms with Crippen molar-refractivity contribution in [2.75, 3.05) is 0 Å². The van der Waals surface area contributed by atoms with E-state index in [-0.39, 0.29) is 0 Å². The van der Waals surface area contributed by atoms with E-state index in [4.69, 9.17) is 9.78 Å². The van der Waals surface area contributed by atoms with Crippen LogP contribution in [0.5, 0.6) is 0 Å². The Balaban J connectivity index is 1.83. The molecule has 0 spiro atoms. The van der Waals surface area contributed by atoms with E-state index < -0.39 is 0 Å². The first-order chi connectivity index (χ1) is 8.76. The van der Waals surface area contributed by atoms with Gasteiger partial charge in [0.15, 0.2) is 5.82 Å². The van der Waals surface area contributed by atoms with Crippen LogP contribution in [0.2, 0.25) is 0 Å². The second-order valence-electron chi connectivity index (χ2n) is 4.85. The first-order valence-corrected chi connectivity index (χ1v) is 6.15. The van der Waals surface area contributed by atoms with Crippen molar-refractivity contribution < 1.29 is 4.52 Å². The molecule has 0 saturated heterocycles. The predicted octanol–water partition coefficient (Wildman–Crippen LogP) is 2.29. The van der Waals surface area contributed by atoms with Crippen molar-refractivity contribution in [1.82, 2.24) is 14.7 Å². The molecule has 2 aromatic rings. The Bertz CT molecular complexity index is 601. The summed E-state index contributed by atoms with van der Waals surface area (Å²) in [5.41, 5.74) is 1.39. The molecule has 0 bridgehead atoms. The fourth-order valence-corrected chi connectivity index (χ4v) is 2.23. The van der Waals surface area contributed by atoms with Crippen molar-refractivity contribution in [3.8, 4) is 17.7 Å². The van der Waals surface area contributed by atoms with Gasteiger partial charge in [-0.15, -0.1) is 0 Å². The Kier molecular flexibility index (Phi) is 2.63. The van der Waals surface area contributed by atoms with Gasteiger partial charge in [-0.05, 0) is 12.0 Å². The van der Waals surface area contributed by atoms with Crippen LogP contribution in [0.15, 0.2) is 16.8 Å². The van der Waals surface area contributed by atoms with E-state index in [0.717, 1.165) is 23.9 Å². The average Bonchev–Trinajstić information content (AvgIpc) is 2.89. The highest BCUT2D eigenvalue weighted by molar-refractivity contribution is 5.52. The molecule has 0 aromatic carbocycles. The van der Waals surface area contributed by atoms with Crippen LogP contribution in [0.4, 0.5) is 0 Å². The van der Waals surface area contributed by atoms with E-state index >= 15 is 0 Å². The second kappa shape index (κ2) is 4.30. The van der Waals surface area contributed by atoms with Crippen molar-refractivity contribution in [2.24, 2.45) is 13.0 Å². The molecule has 0 atom stereocenters. The molecule has 5 heteroatoms. The van der Waals surface area contributed by atoms with Gasteiger partial charge in [0.05, 0.1) is 5.56 Å². The number of hydrogen-bond acceptors (Lipinski definition) is 4. The van der Waals surface area contributed by atoms with Gasteiger partial charge in [-0.1, -0.05) is 24.4 Å². The largest absolute Gasteiger partial charge is 0.345 e. The van der Waals surface area contributed by atoms with Crippen molar-refractivity contribution in [3.05, 3.63) is 23.7 Å². The van der Waals surface area contributed by atoms with E-state index in [1.807, 2.05) is 11.6 Å². The summed E-state index contributed by atoms with van der Waals surface area (Å²) in [5, 5.41) is 12.9. The highest BCUT2D eigenvalue weighted by Crippen LogP contribution is 2.29. The molecule has 0 aliphatic heterocycles. The Hall–Kier alpha value is -2.09. The number of nitrogens with zero attached hydrogens (tertiary/aromatic N) is 4. The smallest absolute Gasteiger partial charge is 0.274 e.